The molecule has 0 fully saturated rings. The second kappa shape index (κ2) is 42.1. The maximum Gasteiger partial charge on any atom is 0.224 e. The van der Waals surface area contributed by atoms with Crippen LogP contribution >= 0.6 is 0 Å². The molecule has 3 atom stereocenters. The number of hydrogen-bond donors (Lipinski definition) is 2. The smallest absolute Gasteiger partial charge is 0.224 e. The number of allylic oxidation sites excluding steroid dienone is 8. The van der Waals surface area contributed by atoms with E-state index in [2.05, 4.69) is 322 Å². The molecule has 80 heavy (non-hydrogen) atoms. The van der Waals surface area contributed by atoms with Crippen molar-refractivity contribution in [3.8, 4) is 0 Å². The van der Waals surface area contributed by atoms with E-state index in [0.717, 1.165) is 29.4 Å². The Kier molecular flexibility index (Phi) is 40.7. The third kappa shape index (κ3) is 35.2. The summed E-state index contributed by atoms with van der Waals surface area (Å²) >= 11 is 0. The van der Waals surface area contributed by atoms with Crippen molar-refractivity contribution in [1.29, 1.82) is 0 Å². The molecule has 3 unspecified atom stereocenters. The molecule has 7 rings (SSSR count). The number of aromatic nitrogens is 4. The monoisotopic (exact) mass is 1110 g/mol. The summed E-state index contributed by atoms with van der Waals surface area (Å²) in [4.78, 5) is 0. The normalized spacial score (nSPS) is 16.7. The van der Waals surface area contributed by atoms with Gasteiger partial charge in [-0.05, 0) is 129 Å². The number of hydrogen-bond acceptors (Lipinski definition) is 7. The molecule has 0 spiro atoms. The third-order valence-corrected chi connectivity index (χ3v) is 12.9. The predicted molar refractivity (Wildman–Crippen MR) is 352 cm³/mol. The molecule has 0 saturated heterocycles. The van der Waals surface area contributed by atoms with Crippen molar-refractivity contribution in [2.75, 3.05) is 0 Å². The van der Waals surface area contributed by atoms with Gasteiger partial charge in [-0.1, -0.05) is 257 Å². The number of nitrogens with zero attached hydrogens (tertiary/aromatic N) is 8. The number of rotatable bonds is 12. The van der Waals surface area contributed by atoms with Crippen LogP contribution in [0, 0.1) is 47.3 Å². The van der Waals surface area contributed by atoms with E-state index >= 15 is 0 Å². The van der Waals surface area contributed by atoms with E-state index in [1.165, 1.54) is 35.4 Å². The minimum Gasteiger partial charge on any atom is -0.286 e. The molecule has 10 heteroatoms. The lowest BCUT2D eigenvalue weighted by Crippen LogP contribution is -2.38. The van der Waals surface area contributed by atoms with E-state index in [9.17, 15) is 0 Å². The zero-order chi connectivity index (χ0) is 62.0. The molecule has 0 radical (unpaired) electrons. The summed E-state index contributed by atoms with van der Waals surface area (Å²) in [6, 6.07) is 16.8. The van der Waals surface area contributed by atoms with E-state index in [0.29, 0.717) is 71.5 Å². The van der Waals surface area contributed by atoms with Crippen molar-refractivity contribution < 1.29 is 4.68 Å². The second-order valence-electron chi connectivity index (χ2n) is 26.9. The number of benzene rings is 1. The van der Waals surface area contributed by atoms with Crippen LogP contribution in [0.5, 0.6) is 0 Å². The molecule has 4 heterocycles. The van der Waals surface area contributed by atoms with Gasteiger partial charge in [-0.2, -0.15) is 15.3 Å². The van der Waals surface area contributed by atoms with Crippen molar-refractivity contribution in [2.45, 2.75) is 274 Å². The Labute approximate surface area is 494 Å². The van der Waals surface area contributed by atoms with Crippen molar-refractivity contribution >= 4 is 6.21 Å². The van der Waals surface area contributed by atoms with E-state index in [-0.39, 0.29) is 6.04 Å². The molecule has 0 amide bonds. The Bertz CT molecular complexity index is 2120. The van der Waals surface area contributed by atoms with E-state index in [1.807, 2.05) is 21.6 Å². The molecule has 456 valence electrons. The molecule has 2 aliphatic carbocycles. The van der Waals surface area contributed by atoms with Crippen molar-refractivity contribution in [1.82, 2.24) is 25.4 Å². The van der Waals surface area contributed by atoms with Gasteiger partial charge in [0.15, 0.2) is 0 Å². The highest BCUT2D eigenvalue weighted by Gasteiger charge is 2.30. The van der Waals surface area contributed by atoms with Crippen molar-refractivity contribution in [3.05, 3.63) is 118 Å². The van der Waals surface area contributed by atoms with Crippen molar-refractivity contribution in [2.24, 2.45) is 68.0 Å². The molecular formula is C70H127N10+. The van der Waals surface area contributed by atoms with E-state index in [4.69, 9.17) is 0 Å². The Morgan fingerprint density at radius 1 is 0.550 bits per heavy atom. The van der Waals surface area contributed by atoms with Crippen LogP contribution in [0.15, 0.2) is 116 Å². The highest BCUT2D eigenvalue weighted by molar-refractivity contribution is 5.60. The summed E-state index contributed by atoms with van der Waals surface area (Å²) in [6.45, 7) is 65.4. The van der Waals surface area contributed by atoms with Gasteiger partial charge in [0.25, 0.3) is 0 Å². The van der Waals surface area contributed by atoms with Gasteiger partial charge >= 0.3 is 0 Å². The molecular weight excluding hydrogens is 981 g/mol. The van der Waals surface area contributed by atoms with Gasteiger partial charge in [0.05, 0.1) is 23.5 Å². The number of nitrogens with one attached hydrogen (secondary N) is 2. The van der Waals surface area contributed by atoms with Crippen LogP contribution in [-0.2, 0) is 0 Å². The van der Waals surface area contributed by atoms with Crippen LogP contribution in [-0.4, -0.2) is 55.0 Å². The van der Waals surface area contributed by atoms with Gasteiger partial charge < -0.3 is 0 Å². The first-order valence-electron chi connectivity index (χ1n) is 31.2. The van der Waals surface area contributed by atoms with Crippen LogP contribution in [0.3, 0.4) is 0 Å². The molecule has 4 aliphatic rings. The summed E-state index contributed by atoms with van der Waals surface area (Å²) in [5, 5.41) is 27.9. The number of H-pyrrole nitrogens is 1. The second-order valence-corrected chi connectivity index (χ2v) is 26.9. The lowest BCUT2D eigenvalue weighted by molar-refractivity contribution is -0.562. The molecule has 2 aliphatic heterocycles. The highest BCUT2D eigenvalue weighted by Crippen LogP contribution is 2.28. The number of aromatic amines is 1. The summed E-state index contributed by atoms with van der Waals surface area (Å²) in [5.41, 5.74) is 12.7. The standard InChI is InChI=1S/C11H18.2C9H16N2.C9H12.C8H16N3.C8H17N3.C8H12.2C4H10/c1-8(2)10-5-6-11(7-10)9(3)4;1-7(2)9-5-6-11(10-9)8(3)4;1-6(2)8-5-9(7(3)4)11-10-8;1-8(2)9-6-4-3-5-7-9;1-6(2)8-5-11(7(3)4)10-9-8;1-5(2)7-8(6(3)4)10-11-9-7;1-7(2)8-5-3-4-6-8;2*1-4(2)3/h5,7-9H,6H2,1-4H3;5-8H,1-4H3;5-7H,1-4H3,(H,10,11);3-8H,1-2H3;5-8H,1-4H3;5-8H,1-4H3,(H,9,10);3-5,7H,6H2,1-2H3;2*4H,1-3H3/q;;;;+1;;;;. The maximum atomic E-state index is 4.43. The van der Waals surface area contributed by atoms with Crippen LogP contribution in [0.2, 0.25) is 0 Å². The molecule has 10 nitrogen and oxygen atoms in total. The first kappa shape index (κ1) is 77.3. The van der Waals surface area contributed by atoms with Gasteiger partial charge in [-0.15, -0.1) is 4.68 Å². The Morgan fingerprint density at radius 3 is 1.36 bits per heavy atom. The summed E-state index contributed by atoms with van der Waals surface area (Å²) in [6.07, 6.45) is 17.8. The minimum absolute atomic E-state index is 0.289. The molecule has 0 bridgehead atoms. The average Bonchev–Trinajstić information content (AvgIpc) is 4.23. The third-order valence-electron chi connectivity index (χ3n) is 12.9. The zero-order valence-corrected chi connectivity index (χ0v) is 57.4. The molecule has 2 N–H and O–H groups in total. The van der Waals surface area contributed by atoms with E-state index < -0.39 is 0 Å². The fourth-order valence-corrected chi connectivity index (χ4v) is 7.32. The first-order valence-corrected chi connectivity index (χ1v) is 31.2. The molecule has 3 aromatic rings. The van der Waals surface area contributed by atoms with Gasteiger partial charge in [0.2, 0.25) is 6.04 Å². The summed E-state index contributed by atoms with van der Waals surface area (Å²) < 4.78 is 3.92. The topological polar surface area (TPSA) is 111 Å². The van der Waals surface area contributed by atoms with Gasteiger partial charge in [-0.3, -0.25) is 15.2 Å². The Balaban J connectivity index is 0. The van der Waals surface area contributed by atoms with Gasteiger partial charge in [0.1, 0.15) is 17.5 Å². The molecule has 1 aromatic carbocycles. The molecule has 2 aromatic heterocycles. The maximum absolute atomic E-state index is 4.43. The van der Waals surface area contributed by atoms with Crippen LogP contribution in [0.1, 0.15) is 273 Å². The quantitative estimate of drug-likeness (QED) is 0.176. The lowest BCUT2D eigenvalue weighted by atomic mass is 9.90. The fraction of sp³-hybridized carbons (Fsp3) is 0.700. The largest absolute Gasteiger partial charge is 0.286 e. The van der Waals surface area contributed by atoms with E-state index in [1.54, 1.807) is 11.1 Å². The van der Waals surface area contributed by atoms with Gasteiger partial charge in [-0.25, -0.2) is 0 Å². The lowest BCUT2D eigenvalue weighted by Gasteiger charge is -2.22. The zero-order valence-electron chi connectivity index (χ0n) is 57.4. The summed E-state index contributed by atoms with van der Waals surface area (Å²) in [5.74, 6) is 7.86. The Hall–Kier alpha value is -4.73. The predicted octanol–water partition coefficient (Wildman–Crippen LogP) is 21.4. The Morgan fingerprint density at radius 2 is 1.10 bits per heavy atom. The average molecular weight is 1110 g/mol. The van der Waals surface area contributed by atoms with Crippen molar-refractivity contribution in [3.63, 3.8) is 0 Å². The highest BCUT2D eigenvalue weighted by atomic mass is 15.5. The van der Waals surface area contributed by atoms with Crippen LogP contribution in [0.25, 0.3) is 0 Å². The first-order chi connectivity index (χ1) is 37.1. The summed E-state index contributed by atoms with van der Waals surface area (Å²) in [7, 11) is 0. The van der Waals surface area contributed by atoms with Crippen LogP contribution in [0.4, 0.5) is 0 Å². The minimum atomic E-state index is 0.289. The molecule has 0 saturated carbocycles. The van der Waals surface area contributed by atoms with Gasteiger partial charge in [0, 0.05) is 29.0 Å². The SMILES string of the molecule is CC(C)C.CC(C)C.CC(C)C1=CC=CC1.CC(C)C1=CCC(C(C)C)=C1.CC(C)C1C=[N+](C(C)C)N=N1.CC(C)C1N=NNC1C(C)C.CC(C)c1cc(C(C)C)[nH]n1.CC(C)c1ccccc1.CC(C)c1ccn(C(C)C)n1. The van der Waals surface area contributed by atoms with Crippen LogP contribution < -0.4 is 5.43 Å². The fourth-order valence-electron chi connectivity index (χ4n) is 7.32.